The maximum atomic E-state index is 4.54. The van der Waals surface area contributed by atoms with Crippen LogP contribution in [0.25, 0.3) is 0 Å². The molecule has 0 saturated heterocycles. The Morgan fingerprint density at radius 2 is 1.71 bits per heavy atom. The Balaban J connectivity index is 1.87. The molecule has 1 heterocycles. The average molecular weight is 283 g/mol. The molecule has 1 aliphatic carbocycles. The first kappa shape index (κ1) is 14.2. The first-order valence-corrected chi connectivity index (χ1v) is 8.03. The molecule has 1 aromatic heterocycles. The van der Waals surface area contributed by atoms with E-state index in [1.54, 1.807) is 0 Å². The number of aromatic nitrogens is 2. The van der Waals surface area contributed by atoms with Crippen molar-refractivity contribution in [2.45, 2.75) is 58.9 Å². The zero-order valence-corrected chi connectivity index (χ0v) is 13.3. The van der Waals surface area contributed by atoms with Gasteiger partial charge in [0, 0.05) is 24.1 Å². The molecule has 21 heavy (non-hydrogen) atoms. The van der Waals surface area contributed by atoms with Crippen LogP contribution in [0.15, 0.2) is 24.5 Å². The molecule has 1 fully saturated rings. The lowest BCUT2D eigenvalue weighted by atomic mass is 9.95. The fourth-order valence-corrected chi connectivity index (χ4v) is 3.55. The van der Waals surface area contributed by atoms with Crippen molar-refractivity contribution in [3.05, 3.63) is 41.2 Å². The van der Waals surface area contributed by atoms with Crippen molar-refractivity contribution in [1.82, 2.24) is 9.55 Å². The number of aryl methyl sites for hydroxylation is 3. The van der Waals surface area contributed by atoms with Gasteiger partial charge in [0.2, 0.25) is 5.95 Å². The third-order valence-electron chi connectivity index (χ3n) is 4.55. The van der Waals surface area contributed by atoms with E-state index in [1.807, 2.05) is 6.20 Å². The largest absolute Gasteiger partial charge is 0.325 e. The highest BCUT2D eigenvalue weighted by Crippen LogP contribution is 2.32. The topological polar surface area (TPSA) is 29.9 Å². The van der Waals surface area contributed by atoms with Crippen LogP contribution < -0.4 is 5.32 Å². The number of hydrogen-bond donors (Lipinski definition) is 1. The minimum atomic E-state index is 0.606. The van der Waals surface area contributed by atoms with Crippen molar-refractivity contribution in [3.8, 4) is 0 Å². The molecule has 0 unspecified atom stereocenters. The summed E-state index contributed by atoms with van der Waals surface area (Å²) in [5.74, 6) is 0.983. The number of benzene rings is 1. The van der Waals surface area contributed by atoms with E-state index in [1.165, 1.54) is 54.5 Å². The van der Waals surface area contributed by atoms with E-state index in [0.717, 1.165) is 5.95 Å². The van der Waals surface area contributed by atoms with Gasteiger partial charge in [0.1, 0.15) is 0 Å². The van der Waals surface area contributed by atoms with Crippen molar-refractivity contribution in [3.63, 3.8) is 0 Å². The summed E-state index contributed by atoms with van der Waals surface area (Å²) in [6, 6.07) is 5.06. The maximum Gasteiger partial charge on any atom is 0.207 e. The molecule has 1 saturated carbocycles. The quantitative estimate of drug-likeness (QED) is 0.853. The second-order valence-electron chi connectivity index (χ2n) is 6.35. The Hall–Kier alpha value is -1.77. The summed E-state index contributed by atoms with van der Waals surface area (Å²) in [7, 11) is 0. The SMILES string of the molecule is Cc1cc(C)c(Nc2nccn2C2CCCCC2)c(C)c1. The summed E-state index contributed by atoms with van der Waals surface area (Å²) < 4.78 is 2.33. The predicted octanol–water partition coefficient (Wildman–Crippen LogP) is 5.06. The number of anilines is 2. The highest BCUT2D eigenvalue weighted by molar-refractivity contribution is 5.64. The first-order valence-electron chi connectivity index (χ1n) is 8.03. The molecule has 3 heteroatoms. The molecule has 0 aliphatic heterocycles. The third kappa shape index (κ3) is 2.97. The molecular formula is C18H25N3. The van der Waals surface area contributed by atoms with E-state index in [-0.39, 0.29) is 0 Å². The zero-order chi connectivity index (χ0) is 14.8. The average Bonchev–Trinajstić information content (AvgIpc) is 2.92. The van der Waals surface area contributed by atoms with E-state index in [0.29, 0.717) is 6.04 Å². The normalized spacial score (nSPS) is 16.1. The van der Waals surface area contributed by atoms with E-state index >= 15 is 0 Å². The minimum absolute atomic E-state index is 0.606. The fourth-order valence-electron chi connectivity index (χ4n) is 3.55. The molecule has 1 aromatic carbocycles. The molecule has 0 bridgehead atoms. The Morgan fingerprint density at radius 3 is 2.38 bits per heavy atom. The van der Waals surface area contributed by atoms with Crippen molar-refractivity contribution >= 4 is 11.6 Å². The maximum absolute atomic E-state index is 4.54. The van der Waals surface area contributed by atoms with Crippen LogP contribution in [0.2, 0.25) is 0 Å². The lowest BCUT2D eigenvalue weighted by Crippen LogP contribution is -2.14. The second-order valence-corrected chi connectivity index (χ2v) is 6.35. The van der Waals surface area contributed by atoms with Gasteiger partial charge in [-0.3, -0.25) is 0 Å². The van der Waals surface area contributed by atoms with Gasteiger partial charge >= 0.3 is 0 Å². The summed E-state index contributed by atoms with van der Waals surface area (Å²) in [4.78, 5) is 4.54. The molecule has 3 nitrogen and oxygen atoms in total. The summed E-state index contributed by atoms with van der Waals surface area (Å²) >= 11 is 0. The van der Waals surface area contributed by atoms with Crippen LogP contribution in [-0.4, -0.2) is 9.55 Å². The summed E-state index contributed by atoms with van der Waals surface area (Å²) in [5.41, 5.74) is 5.08. The Labute approximate surface area is 127 Å². The number of hydrogen-bond acceptors (Lipinski definition) is 2. The minimum Gasteiger partial charge on any atom is -0.325 e. The van der Waals surface area contributed by atoms with Gasteiger partial charge in [-0.2, -0.15) is 0 Å². The lowest BCUT2D eigenvalue weighted by molar-refractivity contribution is 0.356. The van der Waals surface area contributed by atoms with Gasteiger partial charge in [0.25, 0.3) is 0 Å². The van der Waals surface area contributed by atoms with Gasteiger partial charge < -0.3 is 9.88 Å². The van der Waals surface area contributed by atoms with E-state index in [4.69, 9.17) is 0 Å². The highest BCUT2D eigenvalue weighted by atomic mass is 15.2. The molecule has 0 atom stereocenters. The first-order chi connectivity index (χ1) is 10.1. The van der Waals surface area contributed by atoms with E-state index in [9.17, 15) is 0 Å². The van der Waals surface area contributed by atoms with Crippen molar-refractivity contribution < 1.29 is 0 Å². The Kier molecular flexibility index (Phi) is 4.00. The van der Waals surface area contributed by atoms with Gasteiger partial charge in [-0.05, 0) is 44.7 Å². The second kappa shape index (κ2) is 5.92. The fraction of sp³-hybridized carbons (Fsp3) is 0.500. The standard InChI is InChI=1S/C18H25N3/c1-13-11-14(2)17(15(3)12-13)20-18-19-9-10-21(18)16-7-5-4-6-8-16/h9-12,16H,4-8H2,1-3H3,(H,19,20). The van der Waals surface area contributed by atoms with Crippen molar-refractivity contribution in [2.75, 3.05) is 5.32 Å². The molecular weight excluding hydrogens is 258 g/mol. The Morgan fingerprint density at radius 1 is 1.05 bits per heavy atom. The molecule has 0 amide bonds. The molecule has 1 aliphatic rings. The molecule has 2 aromatic rings. The number of rotatable bonds is 3. The van der Waals surface area contributed by atoms with Crippen LogP contribution in [-0.2, 0) is 0 Å². The molecule has 112 valence electrons. The van der Waals surface area contributed by atoms with Crippen LogP contribution >= 0.6 is 0 Å². The van der Waals surface area contributed by atoms with Crippen LogP contribution in [0.3, 0.4) is 0 Å². The van der Waals surface area contributed by atoms with Gasteiger partial charge in [0.15, 0.2) is 0 Å². The predicted molar refractivity (Wildman–Crippen MR) is 88.3 cm³/mol. The van der Waals surface area contributed by atoms with Crippen LogP contribution in [0.5, 0.6) is 0 Å². The van der Waals surface area contributed by atoms with Gasteiger partial charge in [-0.25, -0.2) is 4.98 Å². The van der Waals surface area contributed by atoms with E-state index < -0.39 is 0 Å². The summed E-state index contributed by atoms with van der Waals surface area (Å²) in [6.45, 7) is 6.47. The monoisotopic (exact) mass is 283 g/mol. The van der Waals surface area contributed by atoms with E-state index in [2.05, 4.69) is 54.0 Å². The summed E-state index contributed by atoms with van der Waals surface area (Å²) in [5, 5.41) is 3.57. The van der Waals surface area contributed by atoms with Crippen LogP contribution in [0.1, 0.15) is 54.8 Å². The van der Waals surface area contributed by atoms with Crippen LogP contribution in [0.4, 0.5) is 11.6 Å². The number of nitrogens with zero attached hydrogens (tertiary/aromatic N) is 2. The Bertz CT molecular complexity index is 598. The lowest BCUT2D eigenvalue weighted by Gasteiger charge is -2.25. The zero-order valence-electron chi connectivity index (χ0n) is 13.3. The molecule has 1 N–H and O–H groups in total. The highest BCUT2D eigenvalue weighted by Gasteiger charge is 2.18. The smallest absolute Gasteiger partial charge is 0.207 e. The van der Waals surface area contributed by atoms with Crippen LogP contribution in [0, 0.1) is 20.8 Å². The van der Waals surface area contributed by atoms with Crippen molar-refractivity contribution in [1.29, 1.82) is 0 Å². The van der Waals surface area contributed by atoms with Gasteiger partial charge in [0.05, 0.1) is 0 Å². The molecule has 3 rings (SSSR count). The van der Waals surface area contributed by atoms with Gasteiger partial charge in [-0.15, -0.1) is 0 Å². The van der Waals surface area contributed by atoms with Crippen molar-refractivity contribution in [2.24, 2.45) is 0 Å². The molecule has 0 radical (unpaired) electrons. The number of nitrogens with one attached hydrogen (secondary N) is 1. The van der Waals surface area contributed by atoms with Gasteiger partial charge in [-0.1, -0.05) is 37.0 Å². The number of imidazole rings is 1. The molecule has 0 spiro atoms. The summed E-state index contributed by atoms with van der Waals surface area (Å²) in [6.07, 6.45) is 10.6. The third-order valence-corrected chi connectivity index (χ3v) is 4.55.